The lowest BCUT2D eigenvalue weighted by atomic mass is 10.2. The standard InChI is InChI=1S/C12H9N3O2S/c13-12(16)9-7-8-3-1-2-4-10(8)18-15(9)11-5-6-17-14-11/h1-7H,(H2,13,16). The highest BCUT2D eigenvalue weighted by Crippen LogP contribution is 2.38. The maximum atomic E-state index is 11.5. The van der Waals surface area contributed by atoms with E-state index in [4.69, 9.17) is 10.3 Å². The zero-order valence-corrected chi connectivity index (χ0v) is 10.1. The molecular formula is C12H9N3O2S. The first-order valence-corrected chi connectivity index (χ1v) is 6.02. The maximum absolute atomic E-state index is 11.5. The monoisotopic (exact) mass is 259 g/mol. The Kier molecular flexibility index (Phi) is 2.56. The van der Waals surface area contributed by atoms with E-state index in [0.29, 0.717) is 11.5 Å². The Labute approximate surface area is 107 Å². The molecule has 2 heterocycles. The molecule has 0 fully saturated rings. The minimum absolute atomic E-state index is 0.382. The van der Waals surface area contributed by atoms with Gasteiger partial charge in [-0.2, -0.15) is 0 Å². The number of nitrogens with two attached hydrogens (primary N) is 1. The summed E-state index contributed by atoms with van der Waals surface area (Å²) in [7, 11) is 0. The number of primary amides is 1. The molecule has 1 amide bonds. The molecule has 0 spiro atoms. The number of aromatic nitrogens is 1. The zero-order chi connectivity index (χ0) is 12.5. The Morgan fingerprint density at radius 1 is 1.33 bits per heavy atom. The van der Waals surface area contributed by atoms with Crippen molar-refractivity contribution in [2.45, 2.75) is 4.90 Å². The van der Waals surface area contributed by atoms with Gasteiger partial charge in [-0.15, -0.1) is 0 Å². The number of nitrogens with zero attached hydrogens (tertiary/aromatic N) is 2. The lowest BCUT2D eigenvalue weighted by molar-refractivity contribution is -0.114. The van der Waals surface area contributed by atoms with E-state index >= 15 is 0 Å². The third kappa shape index (κ3) is 1.76. The Morgan fingerprint density at radius 2 is 2.17 bits per heavy atom. The maximum Gasteiger partial charge on any atom is 0.266 e. The number of rotatable bonds is 2. The summed E-state index contributed by atoms with van der Waals surface area (Å²) in [5, 5.41) is 3.83. The van der Waals surface area contributed by atoms with Crippen LogP contribution in [0.25, 0.3) is 6.08 Å². The predicted octanol–water partition coefficient (Wildman–Crippen LogP) is 2.03. The average Bonchev–Trinajstić information content (AvgIpc) is 2.91. The molecule has 0 atom stereocenters. The van der Waals surface area contributed by atoms with Crippen LogP contribution in [-0.2, 0) is 4.79 Å². The van der Waals surface area contributed by atoms with E-state index in [-0.39, 0.29) is 0 Å². The Hall–Kier alpha value is -2.21. The minimum atomic E-state index is -0.500. The summed E-state index contributed by atoms with van der Waals surface area (Å²) < 4.78 is 6.46. The van der Waals surface area contributed by atoms with Crippen molar-refractivity contribution in [2.24, 2.45) is 5.73 Å². The first kappa shape index (κ1) is 10.9. The van der Waals surface area contributed by atoms with E-state index in [1.54, 1.807) is 16.4 Å². The quantitative estimate of drug-likeness (QED) is 0.835. The van der Waals surface area contributed by atoms with Crippen LogP contribution in [0.5, 0.6) is 0 Å². The zero-order valence-electron chi connectivity index (χ0n) is 9.24. The third-order valence-electron chi connectivity index (χ3n) is 2.50. The lowest BCUT2D eigenvalue weighted by Gasteiger charge is -2.25. The van der Waals surface area contributed by atoms with Crippen molar-refractivity contribution in [3.8, 4) is 0 Å². The van der Waals surface area contributed by atoms with Crippen molar-refractivity contribution < 1.29 is 9.32 Å². The SMILES string of the molecule is NC(=O)C1=Cc2ccccc2SN1c1ccon1. The van der Waals surface area contributed by atoms with Crippen LogP contribution in [0.15, 0.2) is 51.7 Å². The van der Waals surface area contributed by atoms with Crippen LogP contribution >= 0.6 is 11.9 Å². The van der Waals surface area contributed by atoms with Crippen LogP contribution in [0.1, 0.15) is 5.56 Å². The van der Waals surface area contributed by atoms with Gasteiger partial charge in [0, 0.05) is 11.0 Å². The van der Waals surface area contributed by atoms with Crippen LogP contribution < -0.4 is 10.0 Å². The second-order valence-corrected chi connectivity index (χ2v) is 4.66. The summed E-state index contributed by atoms with van der Waals surface area (Å²) >= 11 is 1.39. The second-order valence-electron chi connectivity index (χ2n) is 3.67. The average molecular weight is 259 g/mol. The second kappa shape index (κ2) is 4.23. The van der Waals surface area contributed by atoms with Gasteiger partial charge in [-0.3, -0.25) is 9.10 Å². The minimum Gasteiger partial charge on any atom is -0.364 e. The number of benzene rings is 1. The molecule has 1 aliphatic heterocycles. The van der Waals surface area contributed by atoms with Gasteiger partial charge in [0.2, 0.25) is 0 Å². The molecule has 1 aromatic heterocycles. The molecule has 5 nitrogen and oxygen atoms in total. The van der Waals surface area contributed by atoms with E-state index in [0.717, 1.165) is 10.5 Å². The van der Waals surface area contributed by atoms with Crippen LogP contribution in [0.4, 0.5) is 5.82 Å². The summed E-state index contributed by atoms with van der Waals surface area (Å²) in [6.45, 7) is 0. The van der Waals surface area contributed by atoms with Crippen molar-refractivity contribution in [3.63, 3.8) is 0 Å². The number of carbonyl (C=O) groups is 1. The molecular weight excluding hydrogens is 250 g/mol. The summed E-state index contributed by atoms with van der Waals surface area (Å²) in [5.41, 5.74) is 6.75. The molecule has 6 heteroatoms. The van der Waals surface area contributed by atoms with Gasteiger partial charge in [0.05, 0.1) is 0 Å². The smallest absolute Gasteiger partial charge is 0.266 e. The summed E-state index contributed by atoms with van der Waals surface area (Å²) in [5.74, 6) is 0.0413. The first-order chi connectivity index (χ1) is 8.75. The van der Waals surface area contributed by atoms with Crippen molar-refractivity contribution in [3.05, 3.63) is 47.9 Å². The molecule has 0 radical (unpaired) electrons. The summed E-state index contributed by atoms with van der Waals surface area (Å²) in [6, 6.07) is 9.45. The molecule has 3 rings (SSSR count). The fraction of sp³-hybridized carbons (Fsp3) is 0. The summed E-state index contributed by atoms with van der Waals surface area (Å²) in [6.07, 6.45) is 3.21. The predicted molar refractivity (Wildman–Crippen MR) is 68.5 cm³/mol. The van der Waals surface area contributed by atoms with Crippen LogP contribution in [-0.4, -0.2) is 11.1 Å². The van der Waals surface area contributed by atoms with Gasteiger partial charge in [-0.1, -0.05) is 23.4 Å². The number of hydrogen-bond acceptors (Lipinski definition) is 5. The lowest BCUT2D eigenvalue weighted by Crippen LogP contribution is -2.28. The number of fused-ring (bicyclic) bond motifs is 1. The molecule has 0 saturated heterocycles. The fourth-order valence-corrected chi connectivity index (χ4v) is 2.69. The van der Waals surface area contributed by atoms with E-state index in [1.165, 1.54) is 18.2 Å². The van der Waals surface area contributed by atoms with Gasteiger partial charge < -0.3 is 10.3 Å². The van der Waals surface area contributed by atoms with E-state index < -0.39 is 5.91 Å². The molecule has 0 bridgehead atoms. The molecule has 0 aliphatic carbocycles. The Balaban J connectivity index is 2.10. The largest absolute Gasteiger partial charge is 0.364 e. The van der Waals surface area contributed by atoms with Gasteiger partial charge in [0.15, 0.2) is 5.82 Å². The fourth-order valence-electron chi connectivity index (χ4n) is 1.69. The number of hydrogen-bond donors (Lipinski definition) is 1. The molecule has 2 aromatic rings. The van der Waals surface area contributed by atoms with E-state index in [2.05, 4.69) is 5.16 Å². The van der Waals surface area contributed by atoms with Crippen molar-refractivity contribution >= 4 is 29.7 Å². The highest BCUT2D eigenvalue weighted by Gasteiger charge is 2.25. The van der Waals surface area contributed by atoms with Gasteiger partial charge in [0.25, 0.3) is 5.91 Å². The third-order valence-corrected chi connectivity index (χ3v) is 3.64. The highest BCUT2D eigenvalue weighted by atomic mass is 32.2. The molecule has 0 saturated carbocycles. The highest BCUT2D eigenvalue weighted by molar-refractivity contribution is 8.01. The van der Waals surface area contributed by atoms with Crippen LogP contribution in [0.3, 0.4) is 0 Å². The van der Waals surface area contributed by atoms with Gasteiger partial charge in [-0.25, -0.2) is 0 Å². The number of carbonyl (C=O) groups excluding carboxylic acids is 1. The molecule has 1 aromatic carbocycles. The van der Waals surface area contributed by atoms with E-state index in [9.17, 15) is 4.79 Å². The molecule has 1 aliphatic rings. The van der Waals surface area contributed by atoms with Crippen LogP contribution in [0, 0.1) is 0 Å². The Bertz CT molecular complexity index is 622. The van der Waals surface area contributed by atoms with Crippen molar-refractivity contribution in [2.75, 3.05) is 4.31 Å². The normalized spacial score (nSPS) is 14.0. The van der Waals surface area contributed by atoms with Gasteiger partial charge in [-0.05, 0) is 29.7 Å². The number of anilines is 1. The van der Waals surface area contributed by atoms with Crippen molar-refractivity contribution in [1.29, 1.82) is 0 Å². The first-order valence-electron chi connectivity index (χ1n) is 5.25. The number of amides is 1. The van der Waals surface area contributed by atoms with E-state index in [1.807, 2.05) is 24.3 Å². The van der Waals surface area contributed by atoms with Gasteiger partial charge in [0.1, 0.15) is 12.0 Å². The van der Waals surface area contributed by atoms with Gasteiger partial charge >= 0.3 is 0 Å². The van der Waals surface area contributed by atoms with Crippen LogP contribution in [0.2, 0.25) is 0 Å². The molecule has 0 unspecified atom stereocenters. The molecule has 90 valence electrons. The Morgan fingerprint density at radius 3 is 2.89 bits per heavy atom. The topological polar surface area (TPSA) is 72.4 Å². The molecule has 18 heavy (non-hydrogen) atoms. The molecule has 2 N–H and O–H groups in total. The van der Waals surface area contributed by atoms with Crippen molar-refractivity contribution in [1.82, 2.24) is 5.16 Å². The summed E-state index contributed by atoms with van der Waals surface area (Å²) in [4.78, 5) is 12.5.